The van der Waals surface area contributed by atoms with Gasteiger partial charge in [0.15, 0.2) is 11.8 Å². The van der Waals surface area contributed by atoms with Crippen LogP contribution in [0.3, 0.4) is 0 Å². The largest absolute Gasteiger partial charge is 0.379 e. The molecule has 2 heterocycles. The highest BCUT2D eigenvalue weighted by atomic mass is 19.1. The van der Waals surface area contributed by atoms with E-state index in [2.05, 4.69) is 25.7 Å². The van der Waals surface area contributed by atoms with E-state index in [4.69, 9.17) is 9.73 Å². The van der Waals surface area contributed by atoms with Gasteiger partial charge in [-0.2, -0.15) is 0 Å². The van der Waals surface area contributed by atoms with Crippen molar-refractivity contribution in [2.24, 2.45) is 12.0 Å². The van der Waals surface area contributed by atoms with Gasteiger partial charge in [0.25, 0.3) is 0 Å². The molecule has 0 amide bonds. The number of nitrogens with zero attached hydrogens (tertiary/aromatic N) is 5. The van der Waals surface area contributed by atoms with Crippen molar-refractivity contribution in [1.29, 1.82) is 0 Å². The van der Waals surface area contributed by atoms with Crippen LogP contribution < -0.4 is 10.6 Å². The summed E-state index contributed by atoms with van der Waals surface area (Å²) in [4.78, 5) is 7.13. The summed E-state index contributed by atoms with van der Waals surface area (Å²) >= 11 is 0. The summed E-state index contributed by atoms with van der Waals surface area (Å²) in [5.74, 6) is 2.25. The van der Waals surface area contributed by atoms with Gasteiger partial charge in [0.2, 0.25) is 0 Å². The van der Waals surface area contributed by atoms with Crippen LogP contribution in [0, 0.1) is 12.7 Å². The number of aryl methyl sites for hydroxylation is 1. The maximum Gasteiger partial charge on any atom is 0.191 e. The van der Waals surface area contributed by atoms with Gasteiger partial charge in [-0.25, -0.2) is 9.38 Å². The van der Waals surface area contributed by atoms with E-state index in [1.807, 2.05) is 24.6 Å². The number of halogens is 1. The predicted octanol–water partition coefficient (Wildman–Crippen LogP) is 1.36. The average Bonchev–Trinajstić information content (AvgIpc) is 3.51. The van der Waals surface area contributed by atoms with Crippen LogP contribution in [0.2, 0.25) is 0 Å². The van der Waals surface area contributed by atoms with Crippen molar-refractivity contribution >= 4 is 5.96 Å². The van der Waals surface area contributed by atoms with Crippen LogP contribution in [-0.4, -0.2) is 71.6 Å². The van der Waals surface area contributed by atoms with Crippen molar-refractivity contribution in [3.05, 3.63) is 47.3 Å². The summed E-state index contributed by atoms with van der Waals surface area (Å²) in [6.45, 7) is 8.32. The third-order valence-corrected chi connectivity index (χ3v) is 6.27. The zero-order chi connectivity index (χ0) is 21.7. The molecule has 1 aliphatic carbocycles. The van der Waals surface area contributed by atoms with E-state index in [0.717, 1.165) is 82.0 Å². The molecule has 4 rings (SSSR count). The van der Waals surface area contributed by atoms with E-state index in [0.29, 0.717) is 6.54 Å². The smallest absolute Gasteiger partial charge is 0.191 e. The summed E-state index contributed by atoms with van der Waals surface area (Å²) in [5.41, 5.74) is 1.03. The van der Waals surface area contributed by atoms with Crippen molar-refractivity contribution in [3.8, 4) is 0 Å². The van der Waals surface area contributed by atoms with Gasteiger partial charge in [0, 0.05) is 45.2 Å². The third kappa shape index (κ3) is 5.59. The summed E-state index contributed by atoms with van der Waals surface area (Å²) in [7, 11) is 1.95. The maximum atomic E-state index is 13.7. The lowest BCUT2D eigenvalue weighted by atomic mass is 9.96. The van der Waals surface area contributed by atoms with Crippen molar-refractivity contribution in [3.63, 3.8) is 0 Å². The van der Waals surface area contributed by atoms with E-state index in [9.17, 15) is 4.39 Å². The van der Waals surface area contributed by atoms with Gasteiger partial charge in [-0.05, 0) is 37.5 Å². The van der Waals surface area contributed by atoms with E-state index in [1.165, 1.54) is 6.07 Å². The lowest BCUT2D eigenvalue weighted by Gasteiger charge is -2.27. The molecule has 1 aliphatic heterocycles. The van der Waals surface area contributed by atoms with Gasteiger partial charge in [0.05, 0.1) is 13.2 Å². The Morgan fingerprint density at radius 1 is 1.23 bits per heavy atom. The highest BCUT2D eigenvalue weighted by Gasteiger charge is 2.44. The van der Waals surface area contributed by atoms with Gasteiger partial charge in [-0.3, -0.25) is 4.90 Å². The predicted molar refractivity (Wildman–Crippen MR) is 117 cm³/mol. The van der Waals surface area contributed by atoms with Crippen LogP contribution in [0.1, 0.15) is 30.1 Å². The Hall–Kier alpha value is -2.52. The molecule has 2 fully saturated rings. The summed E-state index contributed by atoms with van der Waals surface area (Å²) in [5, 5.41) is 15.3. The van der Waals surface area contributed by atoms with Crippen molar-refractivity contribution < 1.29 is 9.13 Å². The molecule has 0 bridgehead atoms. The molecule has 2 N–H and O–H groups in total. The molecule has 2 aromatic rings. The fraction of sp³-hybridized carbons (Fsp3) is 0.591. The van der Waals surface area contributed by atoms with E-state index in [-0.39, 0.29) is 11.2 Å². The molecule has 0 unspecified atom stereocenters. The Kier molecular flexibility index (Phi) is 6.82. The molecule has 8 nitrogen and oxygen atoms in total. The van der Waals surface area contributed by atoms with Crippen LogP contribution in [0.4, 0.5) is 4.39 Å². The number of benzene rings is 1. The highest BCUT2D eigenvalue weighted by molar-refractivity contribution is 5.80. The molecular weight excluding hydrogens is 397 g/mol. The van der Waals surface area contributed by atoms with E-state index in [1.54, 1.807) is 12.1 Å². The quantitative estimate of drug-likeness (QED) is 0.487. The molecule has 1 aromatic heterocycles. The first kappa shape index (κ1) is 21.7. The molecule has 1 saturated heterocycles. The standard InChI is InChI=1S/C22H32FN7O/c1-17-27-28-20(29(17)2)15-25-21(24-8-9-30-10-12-31-13-11-30)26-16-22(6-7-22)18-4-3-5-19(23)14-18/h3-5,14H,6-13,15-16H2,1-2H3,(H2,24,25,26). The first-order valence-electron chi connectivity index (χ1n) is 11.0. The normalized spacial score (nSPS) is 18.7. The van der Waals surface area contributed by atoms with E-state index < -0.39 is 0 Å². The Morgan fingerprint density at radius 3 is 2.71 bits per heavy atom. The number of hydrogen-bond acceptors (Lipinski definition) is 5. The Bertz CT molecular complexity index is 903. The first-order valence-corrected chi connectivity index (χ1v) is 11.0. The van der Waals surface area contributed by atoms with Crippen molar-refractivity contribution in [2.45, 2.75) is 31.7 Å². The second-order valence-corrected chi connectivity index (χ2v) is 8.41. The zero-order valence-electron chi connectivity index (χ0n) is 18.4. The number of morpholine rings is 1. The number of nitrogens with one attached hydrogen (secondary N) is 2. The summed E-state index contributed by atoms with van der Waals surface area (Å²) in [6, 6.07) is 6.95. The molecule has 2 aliphatic rings. The Labute approximate surface area is 182 Å². The molecule has 31 heavy (non-hydrogen) atoms. The fourth-order valence-electron chi connectivity index (χ4n) is 3.86. The topological polar surface area (TPSA) is 79.6 Å². The Balaban J connectivity index is 1.38. The average molecular weight is 430 g/mol. The molecule has 1 saturated carbocycles. The molecule has 0 spiro atoms. The molecule has 1 aromatic carbocycles. The second-order valence-electron chi connectivity index (χ2n) is 8.41. The van der Waals surface area contributed by atoms with Gasteiger partial charge in [0.1, 0.15) is 18.2 Å². The first-order chi connectivity index (χ1) is 15.1. The second kappa shape index (κ2) is 9.74. The molecule has 0 radical (unpaired) electrons. The lowest BCUT2D eigenvalue weighted by Crippen LogP contribution is -2.46. The van der Waals surface area contributed by atoms with Gasteiger partial charge < -0.3 is 19.9 Å². The van der Waals surface area contributed by atoms with Gasteiger partial charge >= 0.3 is 0 Å². The third-order valence-electron chi connectivity index (χ3n) is 6.27. The maximum absolute atomic E-state index is 13.7. The fourth-order valence-corrected chi connectivity index (χ4v) is 3.86. The van der Waals surface area contributed by atoms with Crippen LogP contribution in [-0.2, 0) is 23.7 Å². The van der Waals surface area contributed by atoms with Gasteiger partial charge in [-0.15, -0.1) is 10.2 Å². The summed E-state index contributed by atoms with van der Waals surface area (Å²) in [6.07, 6.45) is 2.10. The minimum atomic E-state index is -0.182. The number of guanidine groups is 1. The van der Waals surface area contributed by atoms with Gasteiger partial charge in [-0.1, -0.05) is 12.1 Å². The SMILES string of the molecule is Cc1nnc(CN=C(NCCN2CCOCC2)NCC2(c3cccc(F)c3)CC2)n1C. The van der Waals surface area contributed by atoms with Crippen LogP contribution in [0.15, 0.2) is 29.3 Å². The van der Waals surface area contributed by atoms with Crippen LogP contribution in [0.5, 0.6) is 0 Å². The minimum absolute atomic E-state index is 0.0177. The molecule has 9 heteroatoms. The monoisotopic (exact) mass is 429 g/mol. The molecule has 0 atom stereocenters. The number of aliphatic imine (C=N–C) groups is 1. The number of rotatable bonds is 8. The number of aromatic nitrogens is 3. The van der Waals surface area contributed by atoms with Crippen molar-refractivity contribution in [1.82, 2.24) is 30.3 Å². The van der Waals surface area contributed by atoms with Crippen molar-refractivity contribution in [2.75, 3.05) is 45.9 Å². The highest BCUT2D eigenvalue weighted by Crippen LogP contribution is 2.47. The molecule has 168 valence electrons. The number of hydrogen-bond donors (Lipinski definition) is 2. The lowest BCUT2D eigenvalue weighted by molar-refractivity contribution is 0.0389. The van der Waals surface area contributed by atoms with Crippen LogP contribution in [0.25, 0.3) is 0 Å². The minimum Gasteiger partial charge on any atom is -0.379 e. The summed E-state index contributed by atoms with van der Waals surface area (Å²) < 4.78 is 21.1. The zero-order valence-corrected chi connectivity index (χ0v) is 18.4. The van der Waals surface area contributed by atoms with Crippen LogP contribution >= 0.6 is 0 Å². The number of ether oxygens (including phenoxy) is 1. The van der Waals surface area contributed by atoms with E-state index >= 15 is 0 Å². The Morgan fingerprint density at radius 2 is 2.03 bits per heavy atom. The molecular formula is C22H32FN7O.